The van der Waals surface area contributed by atoms with Crippen LogP contribution in [0.2, 0.25) is 0 Å². The molecule has 2 amide bonds. The first-order valence-corrected chi connectivity index (χ1v) is 8.43. The first-order chi connectivity index (χ1) is 12.0. The molecule has 0 saturated carbocycles. The molecule has 1 aromatic rings. The Hall–Kier alpha value is -2.56. The average molecular weight is 342 g/mol. The van der Waals surface area contributed by atoms with Crippen molar-refractivity contribution in [2.75, 3.05) is 27.2 Å². The lowest BCUT2D eigenvalue weighted by atomic mass is 9.83. The molecule has 0 N–H and O–H groups in total. The normalized spacial score (nSPS) is 20.1. The third-order valence-corrected chi connectivity index (χ3v) is 4.65. The smallest absolute Gasteiger partial charge is 0.228 e. The lowest BCUT2D eigenvalue weighted by Gasteiger charge is -2.40. The molecule has 134 valence electrons. The van der Waals surface area contributed by atoms with Gasteiger partial charge in [0.25, 0.3) is 0 Å². The lowest BCUT2D eigenvalue weighted by molar-refractivity contribution is -0.146. The van der Waals surface area contributed by atoms with E-state index in [1.807, 2.05) is 24.3 Å². The predicted octanol–water partition coefficient (Wildman–Crippen LogP) is 2.81. The molecule has 2 rings (SSSR count). The molecule has 1 saturated heterocycles. The van der Waals surface area contributed by atoms with E-state index in [4.69, 9.17) is 4.74 Å². The quantitative estimate of drug-likeness (QED) is 0.716. The predicted molar refractivity (Wildman–Crippen MR) is 98.2 cm³/mol. The average Bonchev–Trinajstić information content (AvgIpc) is 2.63. The minimum absolute atomic E-state index is 0.0277. The van der Waals surface area contributed by atoms with Gasteiger partial charge in [0, 0.05) is 26.6 Å². The summed E-state index contributed by atoms with van der Waals surface area (Å²) in [4.78, 5) is 28.8. The summed E-state index contributed by atoms with van der Waals surface area (Å²) in [5.74, 6) is 0.552. The van der Waals surface area contributed by atoms with Crippen molar-refractivity contribution >= 4 is 11.8 Å². The number of piperidine rings is 1. The van der Waals surface area contributed by atoms with Gasteiger partial charge in [0.15, 0.2) is 0 Å². The molecule has 5 heteroatoms. The van der Waals surface area contributed by atoms with Crippen LogP contribution in [-0.4, -0.2) is 48.9 Å². The number of likely N-dealkylation sites (tertiary alicyclic amines) is 1. The number of ether oxygens (including phenoxy) is 1. The minimum Gasteiger partial charge on any atom is -0.497 e. The number of carbonyl (C=O) groups is 2. The third-order valence-electron chi connectivity index (χ3n) is 4.65. The van der Waals surface area contributed by atoms with Gasteiger partial charge in [-0.3, -0.25) is 9.59 Å². The SMILES string of the molecule is C=CCN(CC=C)C(=O)[C@H]1CCC(=O)N(C)[C@H]1c1ccc(OC)cc1. The van der Waals surface area contributed by atoms with Crippen LogP contribution in [-0.2, 0) is 9.59 Å². The van der Waals surface area contributed by atoms with Crippen molar-refractivity contribution in [3.8, 4) is 5.75 Å². The first kappa shape index (κ1) is 18.8. The zero-order valence-electron chi connectivity index (χ0n) is 15.0. The fraction of sp³-hybridized carbons (Fsp3) is 0.400. The monoisotopic (exact) mass is 342 g/mol. The van der Waals surface area contributed by atoms with E-state index in [1.54, 1.807) is 36.1 Å². The highest BCUT2D eigenvalue weighted by atomic mass is 16.5. The number of amides is 2. The molecule has 1 aliphatic rings. The zero-order valence-corrected chi connectivity index (χ0v) is 15.0. The van der Waals surface area contributed by atoms with E-state index in [1.165, 1.54) is 0 Å². The maximum absolute atomic E-state index is 13.1. The van der Waals surface area contributed by atoms with Gasteiger partial charge in [-0.15, -0.1) is 13.2 Å². The zero-order chi connectivity index (χ0) is 18.4. The van der Waals surface area contributed by atoms with Crippen LogP contribution in [0.15, 0.2) is 49.6 Å². The Labute approximate surface area is 149 Å². The van der Waals surface area contributed by atoms with Gasteiger partial charge in [-0.1, -0.05) is 24.3 Å². The van der Waals surface area contributed by atoms with E-state index in [0.29, 0.717) is 25.9 Å². The summed E-state index contributed by atoms with van der Waals surface area (Å²) in [7, 11) is 3.38. The molecule has 0 bridgehead atoms. The van der Waals surface area contributed by atoms with Crippen molar-refractivity contribution in [2.45, 2.75) is 18.9 Å². The van der Waals surface area contributed by atoms with E-state index >= 15 is 0 Å². The van der Waals surface area contributed by atoms with E-state index in [-0.39, 0.29) is 23.8 Å². The molecule has 5 nitrogen and oxygen atoms in total. The minimum atomic E-state index is -0.281. The molecular formula is C20H26N2O3. The van der Waals surface area contributed by atoms with Gasteiger partial charge in [-0.05, 0) is 24.1 Å². The molecule has 0 unspecified atom stereocenters. The summed E-state index contributed by atoms with van der Waals surface area (Å²) in [6, 6.07) is 7.27. The molecule has 1 fully saturated rings. The number of methoxy groups -OCH3 is 1. The summed E-state index contributed by atoms with van der Waals surface area (Å²) in [6.45, 7) is 8.39. The Balaban J connectivity index is 2.34. The number of hydrogen-bond acceptors (Lipinski definition) is 3. The maximum atomic E-state index is 13.1. The molecule has 0 aliphatic carbocycles. The Bertz CT molecular complexity index is 629. The van der Waals surface area contributed by atoms with Gasteiger partial charge in [-0.2, -0.15) is 0 Å². The molecule has 0 radical (unpaired) electrons. The number of carbonyl (C=O) groups excluding carboxylic acids is 2. The second-order valence-corrected chi connectivity index (χ2v) is 6.19. The van der Waals surface area contributed by atoms with Crippen LogP contribution in [0.5, 0.6) is 5.75 Å². The molecule has 0 spiro atoms. The Morgan fingerprint density at radius 3 is 2.40 bits per heavy atom. The van der Waals surface area contributed by atoms with Crippen LogP contribution in [0.25, 0.3) is 0 Å². The standard InChI is InChI=1S/C20H26N2O3/c1-5-13-22(14-6-2)20(24)17-11-12-18(23)21(3)19(17)15-7-9-16(25-4)10-8-15/h5-10,17,19H,1-2,11-14H2,3-4H3/t17-,19-/m0/s1. The largest absolute Gasteiger partial charge is 0.497 e. The number of rotatable bonds is 7. The van der Waals surface area contributed by atoms with Crippen LogP contribution in [0, 0.1) is 5.92 Å². The van der Waals surface area contributed by atoms with Gasteiger partial charge >= 0.3 is 0 Å². The summed E-state index contributed by atoms with van der Waals surface area (Å²) >= 11 is 0. The van der Waals surface area contributed by atoms with Crippen LogP contribution >= 0.6 is 0 Å². The van der Waals surface area contributed by atoms with Crippen LogP contribution in [0.3, 0.4) is 0 Å². The molecule has 2 atom stereocenters. The first-order valence-electron chi connectivity index (χ1n) is 8.43. The van der Waals surface area contributed by atoms with Crippen molar-refractivity contribution in [1.29, 1.82) is 0 Å². The van der Waals surface area contributed by atoms with Crippen molar-refractivity contribution in [1.82, 2.24) is 9.80 Å². The van der Waals surface area contributed by atoms with Crippen LogP contribution in [0.4, 0.5) is 0 Å². The van der Waals surface area contributed by atoms with Crippen molar-refractivity contribution in [2.24, 2.45) is 5.92 Å². The van der Waals surface area contributed by atoms with Gasteiger partial charge in [0.2, 0.25) is 11.8 Å². The molecule has 0 aromatic heterocycles. The highest BCUT2D eigenvalue weighted by Gasteiger charge is 2.40. The van der Waals surface area contributed by atoms with E-state index < -0.39 is 0 Å². The lowest BCUT2D eigenvalue weighted by Crippen LogP contribution is -2.47. The fourth-order valence-corrected chi connectivity index (χ4v) is 3.35. The van der Waals surface area contributed by atoms with E-state index in [2.05, 4.69) is 13.2 Å². The second kappa shape index (κ2) is 8.51. The fourth-order valence-electron chi connectivity index (χ4n) is 3.35. The molecule has 25 heavy (non-hydrogen) atoms. The van der Waals surface area contributed by atoms with E-state index in [9.17, 15) is 9.59 Å². The molecule has 1 aliphatic heterocycles. The van der Waals surface area contributed by atoms with Crippen LogP contribution < -0.4 is 4.74 Å². The molecule has 1 heterocycles. The van der Waals surface area contributed by atoms with Crippen LogP contribution in [0.1, 0.15) is 24.4 Å². The van der Waals surface area contributed by atoms with Crippen molar-refractivity contribution in [3.63, 3.8) is 0 Å². The second-order valence-electron chi connectivity index (χ2n) is 6.19. The molecular weight excluding hydrogens is 316 g/mol. The summed E-state index contributed by atoms with van der Waals surface area (Å²) in [6.07, 6.45) is 4.35. The Kier molecular flexibility index (Phi) is 6.39. The Morgan fingerprint density at radius 1 is 1.28 bits per heavy atom. The summed E-state index contributed by atoms with van der Waals surface area (Å²) in [5, 5.41) is 0. The van der Waals surface area contributed by atoms with Crippen molar-refractivity contribution in [3.05, 3.63) is 55.1 Å². The van der Waals surface area contributed by atoms with Crippen molar-refractivity contribution < 1.29 is 14.3 Å². The van der Waals surface area contributed by atoms with Gasteiger partial charge in [0.1, 0.15) is 5.75 Å². The summed E-state index contributed by atoms with van der Waals surface area (Å²) in [5.41, 5.74) is 0.937. The van der Waals surface area contributed by atoms with Gasteiger partial charge in [-0.25, -0.2) is 0 Å². The summed E-state index contributed by atoms with van der Waals surface area (Å²) < 4.78 is 5.20. The topological polar surface area (TPSA) is 49.9 Å². The maximum Gasteiger partial charge on any atom is 0.228 e. The van der Waals surface area contributed by atoms with Gasteiger partial charge in [0.05, 0.1) is 19.1 Å². The van der Waals surface area contributed by atoms with Gasteiger partial charge < -0.3 is 14.5 Å². The number of nitrogens with zero attached hydrogens (tertiary/aromatic N) is 2. The highest BCUT2D eigenvalue weighted by Crippen LogP contribution is 2.37. The number of benzene rings is 1. The molecule has 1 aromatic carbocycles. The highest BCUT2D eigenvalue weighted by molar-refractivity contribution is 5.85. The Morgan fingerprint density at radius 2 is 1.88 bits per heavy atom. The third kappa shape index (κ3) is 4.10. The number of hydrogen-bond donors (Lipinski definition) is 0. The van der Waals surface area contributed by atoms with E-state index in [0.717, 1.165) is 11.3 Å².